The smallest absolute Gasteiger partial charge is 0.212 e. The van der Waals surface area contributed by atoms with Crippen LogP contribution < -0.4 is 10.0 Å². The summed E-state index contributed by atoms with van der Waals surface area (Å²) in [5.74, 6) is 0.182. The number of nitrogens with one attached hydrogen (secondary N) is 2. The van der Waals surface area contributed by atoms with E-state index in [1.807, 2.05) is 30.3 Å². The van der Waals surface area contributed by atoms with E-state index in [1.54, 1.807) is 0 Å². The Morgan fingerprint density at radius 3 is 2.55 bits per heavy atom. The SMILES string of the molecule is O=S(=O)(CCN1CCNCC1)NCCc1ccccc1. The zero-order chi connectivity index (χ0) is 14.3. The summed E-state index contributed by atoms with van der Waals surface area (Å²) in [7, 11) is -3.16. The van der Waals surface area contributed by atoms with Gasteiger partial charge in [-0.15, -0.1) is 0 Å². The highest BCUT2D eigenvalue weighted by Gasteiger charge is 2.14. The standard InChI is InChI=1S/C14H23N3O2S/c18-20(19,13-12-17-10-8-15-9-11-17)16-7-6-14-4-2-1-3-5-14/h1-5,15-16H,6-13H2. The second-order valence-electron chi connectivity index (χ2n) is 5.04. The van der Waals surface area contributed by atoms with E-state index in [-0.39, 0.29) is 5.75 Å². The Morgan fingerprint density at radius 1 is 1.15 bits per heavy atom. The van der Waals surface area contributed by atoms with Crippen molar-refractivity contribution in [1.29, 1.82) is 0 Å². The van der Waals surface area contributed by atoms with Crippen LogP contribution in [0.15, 0.2) is 30.3 Å². The second-order valence-corrected chi connectivity index (χ2v) is 6.97. The molecule has 0 bridgehead atoms. The fourth-order valence-corrected chi connectivity index (χ4v) is 3.31. The predicted octanol–water partition coefficient (Wildman–Crippen LogP) is 0.0537. The lowest BCUT2D eigenvalue weighted by Crippen LogP contribution is -2.46. The molecule has 0 aromatic heterocycles. The van der Waals surface area contributed by atoms with Crippen molar-refractivity contribution in [2.75, 3.05) is 45.0 Å². The first kappa shape index (κ1) is 15.4. The lowest BCUT2D eigenvalue weighted by atomic mass is 10.2. The van der Waals surface area contributed by atoms with Gasteiger partial charge in [0.25, 0.3) is 0 Å². The van der Waals surface area contributed by atoms with Gasteiger partial charge in [0.1, 0.15) is 0 Å². The number of hydrogen-bond acceptors (Lipinski definition) is 4. The van der Waals surface area contributed by atoms with Crippen molar-refractivity contribution in [3.63, 3.8) is 0 Å². The summed E-state index contributed by atoms with van der Waals surface area (Å²) in [5.41, 5.74) is 1.15. The fourth-order valence-electron chi connectivity index (χ4n) is 2.25. The maximum absolute atomic E-state index is 11.9. The second kappa shape index (κ2) is 7.73. The van der Waals surface area contributed by atoms with Gasteiger partial charge < -0.3 is 5.32 Å². The molecule has 1 aromatic rings. The Morgan fingerprint density at radius 2 is 1.85 bits per heavy atom. The van der Waals surface area contributed by atoms with Crippen molar-refractivity contribution in [2.24, 2.45) is 0 Å². The largest absolute Gasteiger partial charge is 0.314 e. The first-order valence-corrected chi connectivity index (χ1v) is 8.75. The third kappa shape index (κ3) is 5.58. The molecule has 0 spiro atoms. The Labute approximate surface area is 121 Å². The topological polar surface area (TPSA) is 61.4 Å². The van der Waals surface area contributed by atoms with Gasteiger partial charge in [0.15, 0.2) is 0 Å². The molecule has 0 aliphatic carbocycles. The molecule has 20 heavy (non-hydrogen) atoms. The first-order chi connectivity index (χ1) is 9.66. The molecule has 2 rings (SSSR count). The highest BCUT2D eigenvalue weighted by molar-refractivity contribution is 7.89. The number of sulfonamides is 1. The Bertz CT molecular complexity index is 484. The van der Waals surface area contributed by atoms with Crippen LogP contribution in [0.1, 0.15) is 5.56 Å². The molecule has 2 N–H and O–H groups in total. The Balaban J connectivity index is 1.68. The molecule has 0 saturated carbocycles. The van der Waals surface area contributed by atoms with Crippen molar-refractivity contribution in [2.45, 2.75) is 6.42 Å². The van der Waals surface area contributed by atoms with Gasteiger partial charge in [-0.3, -0.25) is 4.90 Å². The molecule has 0 unspecified atom stereocenters. The van der Waals surface area contributed by atoms with E-state index >= 15 is 0 Å². The van der Waals surface area contributed by atoms with Crippen LogP contribution in [0, 0.1) is 0 Å². The Hall–Kier alpha value is -0.950. The summed E-state index contributed by atoms with van der Waals surface area (Å²) in [6.45, 7) is 4.83. The summed E-state index contributed by atoms with van der Waals surface area (Å²) in [4.78, 5) is 2.19. The zero-order valence-electron chi connectivity index (χ0n) is 11.7. The van der Waals surface area contributed by atoms with Gasteiger partial charge in [-0.2, -0.15) is 0 Å². The minimum absolute atomic E-state index is 0.182. The molecule has 1 aliphatic rings. The van der Waals surface area contributed by atoms with Crippen LogP contribution in [0.5, 0.6) is 0 Å². The van der Waals surface area contributed by atoms with Gasteiger partial charge in [-0.25, -0.2) is 13.1 Å². The van der Waals surface area contributed by atoms with E-state index in [0.29, 0.717) is 13.1 Å². The van der Waals surface area contributed by atoms with E-state index < -0.39 is 10.0 Å². The molecular weight excluding hydrogens is 274 g/mol. The summed E-state index contributed by atoms with van der Waals surface area (Å²) in [6.07, 6.45) is 0.730. The van der Waals surface area contributed by atoms with Crippen LogP contribution in [-0.4, -0.2) is 58.3 Å². The van der Waals surface area contributed by atoms with Crippen LogP contribution in [0.25, 0.3) is 0 Å². The van der Waals surface area contributed by atoms with Crippen molar-refractivity contribution in [3.05, 3.63) is 35.9 Å². The summed E-state index contributed by atoms with van der Waals surface area (Å²) in [6, 6.07) is 9.91. The maximum atomic E-state index is 11.9. The van der Waals surface area contributed by atoms with E-state index in [4.69, 9.17) is 0 Å². The molecule has 0 atom stereocenters. The number of nitrogens with zero attached hydrogens (tertiary/aromatic N) is 1. The normalized spacial score (nSPS) is 17.2. The van der Waals surface area contributed by atoms with Crippen molar-refractivity contribution < 1.29 is 8.42 Å². The average molecular weight is 297 g/mol. The molecule has 112 valence electrons. The highest BCUT2D eigenvalue weighted by atomic mass is 32.2. The van der Waals surface area contributed by atoms with Gasteiger partial charge in [-0.1, -0.05) is 30.3 Å². The van der Waals surface area contributed by atoms with Crippen LogP contribution in [0.4, 0.5) is 0 Å². The molecule has 6 heteroatoms. The molecule has 0 radical (unpaired) electrons. The molecular formula is C14H23N3O2S. The number of piperazine rings is 1. The molecule has 1 heterocycles. The summed E-state index contributed by atoms with van der Waals surface area (Å²) < 4.78 is 26.5. The van der Waals surface area contributed by atoms with Crippen LogP contribution >= 0.6 is 0 Å². The van der Waals surface area contributed by atoms with Crippen molar-refractivity contribution >= 4 is 10.0 Å². The van der Waals surface area contributed by atoms with Gasteiger partial charge in [0, 0.05) is 39.3 Å². The predicted molar refractivity (Wildman–Crippen MR) is 81.2 cm³/mol. The monoisotopic (exact) mass is 297 g/mol. The molecule has 5 nitrogen and oxygen atoms in total. The highest BCUT2D eigenvalue weighted by Crippen LogP contribution is 1.99. The fraction of sp³-hybridized carbons (Fsp3) is 0.571. The molecule has 1 aromatic carbocycles. The minimum atomic E-state index is -3.16. The zero-order valence-corrected chi connectivity index (χ0v) is 12.5. The lowest BCUT2D eigenvalue weighted by Gasteiger charge is -2.26. The van der Waals surface area contributed by atoms with Gasteiger partial charge in [0.05, 0.1) is 5.75 Å². The quantitative estimate of drug-likeness (QED) is 0.747. The van der Waals surface area contributed by atoms with Gasteiger partial charge >= 0.3 is 0 Å². The van der Waals surface area contributed by atoms with Crippen molar-refractivity contribution in [1.82, 2.24) is 14.9 Å². The van der Waals surface area contributed by atoms with Crippen LogP contribution in [0.3, 0.4) is 0 Å². The third-order valence-corrected chi connectivity index (χ3v) is 4.83. The first-order valence-electron chi connectivity index (χ1n) is 7.10. The molecule has 1 saturated heterocycles. The van der Waals surface area contributed by atoms with Gasteiger partial charge in [0.2, 0.25) is 10.0 Å². The average Bonchev–Trinajstić information content (AvgIpc) is 2.47. The van der Waals surface area contributed by atoms with E-state index in [0.717, 1.165) is 38.2 Å². The number of hydrogen-bond donors (Lipinski definition) is 2. The van der Waals surface area contributed by atoms with E-state index in [9.17, 15) is 8.42 Å². The molecule has 1 fully saturated rings. The number of benzene rings is 1. The van der Waals surface area contributed by atoms with E-state index in [1.165, 1.54) is 0 Å². The van der Waals surface area contributed by atoms with Gasteiger partial charge in [-0.05, 0) is 12.0 Å². The minimum Gasteiger partial charge on any atom is -0.314 e. The third-order valence-electron chi connectivity index (χ3n) is 3.46. The van der Waals surface area contributed by atoms with Crippen molar-refractivity contribution in [3.8, 4) is 0 Å². The lowest BCUT2D eigenvalue weighted by molar-refractivity contribution is 0.253. The summed E-state index contributed by atoms with van der Waals surface area (Å²) >= 11 is 0. The van der Waals surface area contributed by atoms with E-state index in [2.05, 4.69) is 14.9 Å². The van der Waals surface area contributed by atoms with Crippen LogP contribution in [-0.2, 0) is 16.4 Å². The van der Waals surface area contributed by atoms with Crippen LogP contribution in [0.2, 0.25) is 0 Å². The summed E-state index contributed by atoms with van der Waals surface area (Å²) in [5, 5.41) is 3.26. The maximum Gasteiger partial charge on any atom is 0.212 e. The number of rotatable bonds is 7. The molecule has 0 amide bonds. The molecule has 1 aliphatic heterocycles. The Kier molecular flexibility index (Phi) is 5.97.